The van der Waals surface area contributed by atoms with Gasteiger partial charge in [-0.05, 0) is 52.3 Å². The number of carbonyl (C=O) groups is 2. The lowest BCUT2D eigenvalue weighted by atomic mass is 10.1. The van der Waals surface area contributed by atoms with Crippen LogP contribution in [0.3, 0.4) is 0 Å². The molecule has 0 aliphatic carbocycles. The minimum Gasteiger partial charge on any atom is -0.497 e. The molecule has 0 radical (unpaired) electrons. The average molecular weight is 594 g/mol. The lowest BCUT2D eigenvalue weighted by molar-refractivity contribution is -0.192. The summed E-state index contributed by atoms with van der Waals surface area (Å²) in [6.07, 6.45) is -3.53. The van der Waals surface area contributed by atoms with Crippen molar-refractivity contribution in [2.75, 3.05) is 25.6 Å². The molecule has 3 aromatic rings. The number of methoxy groups -OCH3 is 1. The normalized spacial score (nSPS) is 10.8. The third-order valence-corrected chi connectivity index (χ3v) is 5.39. The van der Waals surface area contributed by atoms with Crippen molar-refractivity contribution >= 4 is 45.1 Å². The van der Waals surface area contributed by atoms with E-state index in [0.29, 0.717) is 56.7 Å². The fourth-order valence-corrected chi connectivity index (χ4v) is 3.50. The fraction of sp³-hybridized carbons (Fsp3) is 0.227. The number of nitrogens with zero attached hydrogens (tertiary/aromatic N) is 2. The largest absolute Gasteiger partial charge is 0.497 e. The highest BCUT2D eigenvalue weighted by molar-refractivity contribution is 9.10. The van der Waals surface area contributed by atoms with Crippen LogP contribution >= 0.6 is 27.5 Å². The molecule has 9 nitrogen and oxygen atoms in total. The molecule has 0 bridgehead atoms. The highest BCUT2D eigenvalue weighted by Crippen LogP contribution is 2.37. The second-order valence-corrected chi connectivity index (χ2v) is 8.18. The zero-order chi connectivity index (χ0) is 27.0. The van der Waals surface area contributed by atoms with Gasteiger partial charge in [0.2, 0.25) is 0 Å². The van der Waals surface area contributed by atoms with Gasteiger partial charge in [-0.15, -0.1) is 0 Å². The number of carboxylic acids is 1. The van der Waals surface area contributed by atoms with E-state index in [1.807, 2.05) is 0 Å². The Kier molecular flexibility index (Phi) is 10.1. The molecule has 0 spiro atoms. The van der Waals surface area contributed by atoms with Crippen LogP contribution in [0.2, 0.25) is 5.02 Å². The number of amides is 1. The van der Waals surface area contributed by atoms with E-state index in [1.165, 1.54) is 0 Å². The molecule has 36 heavy (non-hydrogen) atoms. The quantitative estimate of drug-likeness (QED) is 0.361. The Bertz CT molecular complexity index is 1220. The van der Waals surface area contributed by atoms with Crippen molar-refractivity contribution in [3.8, 4) is 22.8 Å². The zero-order valence-electron chi connectivity index (χ0n) is 18.9. The van der Waals surface area contributed by atoms with Crippen LogP contribution < -0.4 is 20.5 Å². The number of hydrogen-bond donors (Lipinski definition) is 3. The monoisotopic (exact) mass is 592 g/mol. The summed E-state index contributed by atoms with van der Waals surface area (Å²) in [4.78, 5) is 21.7. The van der Waals surface area contributed by atoms with Gasteiger partial charge in [-0.1, -0.05) is 11.6 Å². The number of alkyl halides is 3. The molecule has 0 fully saturated rings. The average Bonchev–Trinajstić information content (AvgIpc) is 3.15. The maximum absolute atomic E-state index is 12.8. The van der Waals surface area contributed by atoms with Crippen LogP contribution in [0.25, 0.3) is 11.3 Å². The first kappa shape index (κ1) is 28.9. The van der Waals surface area contributed by atoms with E-state index in [4.69, 9.17) is 36.7 Å². The molecule has 194 valence electrons. The summed E-state index contributed by atoms with van der Waals surface area (Å²) in [5, 5.41) is 14.7. The third kappa shape index (κ3) is 7.60. The summed E-state index contributed by atoms with van der Waals surface area (Å²) in [6.45, 7) is 0.728. The minimum absolute atomic E-state index is 0.284. The summed E-state index contributed by atoms with van der Waals surface area (Å²) in [7, 11) is 3.33. The van der Waals surface area contributed by atoms with Gasteiger partial charge in [0.1, 0.15) is 18.1 Å². The first-order chi connectivity index (χ1) is 16.9. The molecule has 0 aliphatic rings. The van der Waals surface area contributed by atoms with Crippen molar-refractivity contribution in [2.24, 2.45) is 12.8 Å². The minimum atomic E-state index is -5.08. The molecule has 2 aromatic carbocycles. The van der Waals surface area contributed by atoms with Gasteiger partial charge in [0.05, 0.1) is 29.6 Å². The summed E-state index contributed by atoms with van der Waals surface area (Å²) < 4.78 is 45.0. The molecule has 0 saturated carbocycles. The van der Waals surface area contributed by atoms with Crippen LogP contribution in [0.4, 0.5) is 18.9 Å². The maximum Gasteiger partial charge on any atom is 0.490 e. The number of anilines is 1. The Hall–Kier alpha value is -3.29. The van der Waals surface area contributed by atoms with Gasteiger partial charge >= 0.3 is 12.1 Å². The molecule has 0 atom stereocenters. The number of aryl methyl sites for hydroxylation is 1. The Morgan fingerprint density at radius 2 is 1.92 bits per heavy atom. The Balaban J connectivity index is 0.000000572. The van der Waals surface area contributed by atoms with E-state index in [0.717, 1.165) is 0 Å². The van der Waals surface area contributed by atoms with Gasteiger partial charge in [-0.25, -0.2) is 4.79 Å². The molecule has 14 heteroatoms. The van der Waals surface area contributed by atoms with E-state index in [1.54, 1.807) is 61.4 Å². The SMILES string of the molecule is COc1ccc(Br)c(C(=O)Nc2ccc(OCCN)c(-c3c(Cl)cnn3C)c2)c1.O=C(O)C(F)(F)F. The molecular formula is C22H21BrClF3N4O5. The Morgan fingerprint density at radius 1 is 1.25 bits per heavy atom. The smallest absolute Gasteiger partial charge is 0.490 e. The summed E-state index contributed by atoms with van der Waals surface area (Å²) in [5.74, 6) is -1.85. The highest BCUT2D eigenvalue weighted by atomic mass is 79.9. The standard InChI is InChI=1S/C20H20BrClN4O3.C2HF3O2/c1-26-19(17(22)11-24-26)15-9-12(3-6-18(15)29-8-7-23)25-20(27)14-10-13(28-2)4-5-16(14)21;3-2(4,5)1(6)7/h3-6,9-11H,7-8,23H2,1-2H3,(H,25,27);(H,6,7). The van der Waals surface area contributed by atoms with Gasteiger partial charge in [-0.3, -0.25) is 9.48 Å². The molecule has 0 saturated heterocycles. The van der Waals surface area contributed by atoms with Crippen LogP contribution in [0.1, 0.15) is 10.4 Å². The second-order valence-electron chi connectivity index (χ2n) is 6.92. The number of carboxylic acid groups (broad SMARTS) is 1. The number of benzene rings is 2. The number of nitrogens with two attached hydrogens (primary N) is 1. The summed E-state index contributed by atoms with van der Waals surface area (Å²) >= 11 is 9.72. The predicted molar refractivity (Wildman–Crippen MR) is 131 cm³/mol. The topological polar surface area (TPSA) is 129 Å². The van der Waals surface area contributed by atoms with Gasteiger partial charge in [0.25, 0.3) is 5.91 Å². The first-order valence-corrected chi connectivity index (χ1v) is 11.2. The molecule has 3 rings (SSSR count). The van der Waals surface area contributed by atoms with Crippen molar-refractivity contribution in [2.45, 2.75) is 6.18 Å². The zero-order valence-corrected chi connectivity index (χ0v) is 21.2. The predicted octanol–water partition coefficient (Wildman–Crippen LogP) is 4.73. The van der Waals surface area contributed by atoms with Crippen molar-refractivity contribution in [1.29, 1.82) is 0 Å². The number of aliphatic carboxylic acids is 1. The van der Waals surface area contributed by atoms with E-state index in [-0.39, 0.29) is 5.91 Å². The lowest BCUT2D eigenvalue weighted by Crippen LogP contribution is -2.21. The van der Waals surface area contributed by atoms with Gasteiger partial charge in [0.15, 0.2) is 0 Å². The van der Waals surface area contributed by atoms with Crippen molar-refractivity contribution < 1.29 is 37.3 Å². The molecule has 1 heterocycles. The lowest BCUT2D eigenvalue weighted by Gasteiger charge is -2.15. The van der Waals surface area contributed by atoms with E-state index < -0.39 is 12.1 Å². The second kappa shape index (κ2) is 12.6. The molecule has 1 aromatic heterocycles. The van der Waals surface area contributed by atoms with E-state index in [9.17, 15) is 18.0 Å². The number of rotatable bonds is 7. The number of ether oxygens (including phenoxy) is 2. The molecular weight excluding hydrogens is 573 g/mol. The van der Waals surface area contributed by atoms with Crippen molar-refractivity contribution in [3.63, 3.8) is 0 Å². The summed E-state index contributed by atoms with van der Waals surface area (Å²) in [5.41, 5.74) is 7.97. The number of hydrogen-bond acceptors (Lipinski definition) is 6. The third-order valence-electron chi connectivity index (χ3n) is 4.42. The van der Waals surface area contributed by atoms with Crippen LogP contribution in [-0.4, -0.2) is 53.2 Å². The van der Waals surface area contributed by atoms with E-state index >= 15 is 0 Å². The molecule has 4 N–H and O–H groups in total. The Labute approximate surface area is 217 Å². The molecule has 0 aliphatic heterocycles. The van der Waals surface area contributed by atoms with Crippen molar-refractivity contribution in [1.82, 2.24) is 9.78 Å². The maximum atomic E-state index is 12.8. The number of carbonyl (C=O) groups excluding carboxylic acids is 1. The summed E-state index contributed by atoms with van der Waals surface area (Å²) in [6, 6.07) is 10.5. The first-order valence-electron chi connectivity index (χ1n) is 9.98. The van der Waals surface area contributed by atoms with Crippen molar-refractivity contribution in [3.05, 3.63) is 57.7 Å². The number of nitrogens with one attached hydrogen (secondary N) is 1. The Morgan fingerprint density at radius 3 is 2.44 bits per heavy atom. The van der Waals surface area contributed by atoms with Crippen LogP contribution in [0.5, 0.6) is 11.5 Å². The van der Waals surface area contributed by atoms with Gasteiger partial charge in [0, 0.05) is 29.3 Å². The van der Waals surface area contributed by atoms with Crippen LogP contribution in [0.15, 0.2) is 47.1 Å². The number of aromatic nitrogens is 2. The van der Waals surface area contributed by atoms with Gasteiger partial charge < -0.3 is 25.6 Å². The fourth-order valence-electron chi connectivity index (χ4n) is 2.81. The van der Waals surface area contributed by atoms with Gasteiger partial charge in [-0.2, -0.15) is 18.3 Å². The van der Waals surface area contributed by atoms with E-state index in [2.05, 4.69) is 26.3 Å². The number of halogens is 5. The molecule has 1 amide bonds. The van der Waals surface area contributed by atoms with Crippen LogP contribution in [0, 0.1) is 0 Å². The van der Waals surface area contributed by atoms with Crippen LogP contribution in [-0.2, 0) is 11.8 Å². The highest BCUT2D eigenvalue weighted by Gasteiger charge is 2.38. The molecule has 0 unspecified atom stereocenters.